The minimum atomic E-state index is -1.40. The molecule has 96 valence electrons. The highest BCUT2D eigenvalue weighted by Gasteiger charge is 2.22. The number of aromatic nitrogens is 1. The Morgan fingerprint density at radius 2 is 2.17 bits per heavy atom. The first-order chi connectivity index (χ1) is 8.43. The molecule has 0 saturated carbocycles. The fourth-order valence-corrected chi connectivity index (χ4v) is 2.79. The zero-order valence-electron chi connectivity index (χ0n) is 10.0. The molecule has 18 heavy (non-hydrogen) atoms. The highest BCUT2D eigenvalue weighted by molar-refractivity contribution is 7.16. The van der Waals surface area contributed by atoms with Gasteiger partial charge in [-0.25, -0.2) is 4.79 Å². The maximum absolute atomic E-state index is 12.1. The molecule has 6 heteroatoms. The van der Waals surface area contributed by atoms with Crippen LogP contribution in [-0.2, 0) is 6.54 Å². The average Bonchev–Trinajstić information content (AvgIpc) is 2.72. The third-order valence-electron chi connectivity index (χ3n) is 2.60. The largest absolute Gasteiger partial charge is 0.506 e. The number of thiophene rings is 1. The lowest BCUT2D eigenvalue weighted by Crippen LogP contribution is -2.27. The minimum Gasteiger partial charge on any atom is -0.506 e. The van der Waals surface area contributed by atoms with E-state index in [1.54, 1.807) is 11.4 Å². The van der Waals surface area contributed by atoms with E-state index in [9.17, 15) is 14.7 Å². The topological polar surface area (TPSA) is 79.5 Å². The second kappa shape index (κ2) is 4.45. The normalized spacial score (nSPS) is 11.3. The number of rotatable bonds is 3. The van der Waals surface area contributed by atoms with E-state index in [0.29, 0.717) is 16.8 Å². The van der Waals surface area contributed by atoms with Crippen molar-refractivity contribution in [2.24, 2.45) is 5.92 Å². The van der Waals surface area contributed by atoms with E-state index in [1.165, 1.54) is 15.9 Å². The average molecular weight is 267 g/mol. The van der Waals surface area contributed by atoms with Crippen LogP contribution in [0.5, 0.6) is 5.75 Å². The fourth-order valence-electron chi connectivity index (χ4n) is 1.88. The number of carboxylic acid groups (broad SMARTS) is 1. The quantitative estimate of drug-likeness (QED) is 0.892. The number of hydrogen-bond acceptors (Lipinski definition) is 4. The van der Waals surface area contributed by atoms with Crippen LogP contribution in [0.25, 0.3) is 10.2 Å². The second-order valence-electron chi connectivity index (χ2n) is 4.48. The minimum absolute atomic E-state index is 0.208. The highest BCUT2D eigenvalue weighted by atomic mass is 32.1. The summed E-state index contributed by atoms with van der Waals surface area (Å²) in [4.78, 5) is 23.8. The number of fused-ring (bicyclic) bond motifs is 1. The first-order valence-corrected chi connectivity index (χ1v) is 6.37. The standard InChI is InChI=1S/C12H13NO4S/c1-6(2)5-13-10(15)8(12(16)17)9(14)7-3-4-18-11(7)13/h3-4,6,14H,5H2,1-2H3,(H,16,17). The molecule has 5 nitrogen and oxygen atoms in total. The maximum atomic E-state index is 12.1. The summed E-state index contributed by atoms with van der Waals surface area (Å²) in [7, 11) is 0. The van der Waals surface area contributed by atoms with E-state index in [2.05, 4.69) is 0 Å². The first kappa shape index (κ1) is 12.6. The van der Waals surface area contributed by atoms with Crippen LogP contribution in [0.2, 0.25) is 0 Å². The van der Waals surface area contributed by atoms with Crippen LogP contribution in [0, 0.1) is 5.92 Å². The molecule has 2 aromatic heterocycles. The van der Waals surface area contributed by atoms with E-state index < -0.39 is 22.8 Å². The van der Waals surface area contributed by atoms with E-state index in [-0.39, 0.29) is 5.92 Å². The van der Waals surface area contributed by atoms with Gasteiger partial charge in [-0.3, -0.25) is 9.36 Å². The van der Waals surface area contributed by atoms with Gasteiger partial charge < -0.3 is 10.2 Å². The van der Waals surface area contributed by atoms with Gasteiger partial charge in [-0.05, 0) is 17.4 Å². The maximum Gasteiger partial charge on any atom is 0.345 e. The highest BCUT2D eigenvalue weighted by Crippen LogP contribution is 2.30. The van der Waals surface area contributed by atoms with E-state index >= 15 is 0 Å². The molecule has 2 aromatic rings. The number of aromatic hydroxyl groups is 1. The van der Waals surface area contributed by atoms with Crippen LogP contribution in [-0.4, -0.2) is 20.7 Å². The van der Waals surface area contributed by atoms with Crippen molar-refractivity contribution in [2.45, 2.75) is 20.4 Å². The molecule has 2 rings (SSSR count). The van der Waals surface area contributed by atoms with Crippen molar-refractivity contribution in [1.29, 1.82) is 0 Å². The molecule has 0 aliphatic heterocycles. The molecular weight excluding hydrogens is 254 g/mol. The van der Waals surface area contributed by atoms with Crippen LogP contribution in [0.4, 0.5) is 0 Å². The number of aromatic carboxylic acids is 1. The van der Waals surface area contributed by atoms with Gasteiger partial charge in [0, 0.05) is 6.54 Å². The van der Waals surface area contributed by atoms with Gasteiger partial charge in [0.15, 0.2) is 5.56 Å². The Bertz CT molecular complexity index is 669. The Kier molecular flexibility index (Phi) is 3.13. The van der Waals surface area contributed by atoms with E-state index in [4.69, 9.17) is 5.11 Å². The predicted molar refractivity (Wildman–Crippen MR) is 69.5 cm³/mol. The van der Waals surface area contributed by atoms with Crippen LogP contribution >= 0.6 is 11.3 Å². The number of carboxylic acids is 1. The molecule has 0 aliphatic carbocycles. The van der Waals surface area contributed by atoms with Gasteiger partial charge in [0.1, 0.15) is 10.6 Å². The summed E-state index contributed by atoms with van der Waals surface area (Å²) in [5.41, 5.74) is -1.20. The molecule has 0 bridgehead atoms. The molecule has 0 saturated heterocycles. The van der Waals surface area contributed by atoms with Gasteiger partial charge in [-0.15, -0.1) is 11.3 Å². The Morgan fingerprint density at radius 1 is 1.50 bits per heavy atom. The summed E-state index contributed by atoms with van der Waals surface area (Å²) in [6.07, 6.45) is 0. The predicted octanol–water partition coefficient (Wildman–Crippen LogP) is 2.12. The second-order valence-corrected chi connectivity index (χ2v) is 5.37. The van der Waals surface area contributed by atoms with Crippen LogP contribution < -0.4 is 5.56 Å². The SMILES string of the molecule is CC(C)Cn1c(=O)c(C(=O)O)c(O)c2ccsc21. The lowest BCUT2D eigenvalue weighted by molar-refractivity contribution is 0.0691. The number of pyridine rings is 1. The first-order valence-electron chi connectivity index (χ1n) is 5.49. The van der Waals surface area contributed by atoms with Gasteiger partial charge in [0.25, 0.3) is 5.56 Å². The van der Waals surface area contributed by atoms with Crippen molar-refractivity contribution in [3.05, 3.63) is 27.4 Å². The van der Waals surface area contributed by atoms with Crippen LogP contribution in [0.1, 0.15) is 24.2 Å². The molecule has 0 atom stereocenters. The molecule has 0 spiro atoms. The van der Waals surface area contributed by atoms with Gasteiger partial charge in [0.05, 0.1) is 5.39 Å². The summed E-state index contributed by atoms with van der Waals surface area (Å²) in [5, 5.41) is 21.0. The van der Waals surface area contributed by atoms with Gasteiger partial charge >= 0.3 is 5.97 Å². The Hall–Kier alpha value is -1.82. The molecule has 0 amide bonds. The van der Waals surface area contributed by atoms with Crippen molar-refractivity contribution in [3.8, 4) is 5.75 Å². The van der Waals surface area contributed by atoms with E-state index in [0.717, 1.165) is 0 Å². The van der Waals surface area contributed by atoms with Gasteiger partial charge in [-0.2, -0.15) is 0 Å². The third kappa shape index (κ3) is 1.88. The number of carbonyl (C=O) groups is 1. The van der Waals surface area contributed by atoms with Crippen molar-refractivity contribution < 1.29 is 15.0 Å². The Labute approximate surface area is 107 Å². The van der Waals surface area contributed by atoms with Crippen molar-refractivity contribution in [2.75, 3.05) is 0 Å². The molecule has 2 heterocycles. The number of hydrogen-bond donors (Lipinski definition) is 2. The Balaban J connectivity index is 2.87. The molecule has 0 fully saturated rings. The molecule has 2 N–H and O–H groups in total. The summed E-state index contributed by atoms with van der Waals surface area (Å²) in [6.45, 7) is 4.31. The van der Waals surface area contributed by atoms with Gasteiger partial charge in [0.2, 0.25) is 0 Å². The molecular formula is C12H13NO4S. The zero-order valence-corrected chi connectivity index (χ0v) is 10.8. The van der Waals surface area contributed by atoms with Crippen LogP contribution in [0.15, 0.2) is 16.2 Å². The lowest BCUT2D eigenvalue weighted by Gasteiger charge is -2.12. The Morgan fingerprint density at radius 3 is 2.72 bits per heavy atom. The third-order valence-corrected chi connectivity index (χ3v) is 3.54. The summed E-state index contributed by atoms with van der Waals surface area (Å²) in [6, 6.07) is 1.62. The summed E-state index contributed by atoms with van der Waals surface area (Å²) >= 11 is 1.31. The summed E-state index contributed by atoms with van der Waals surface area (Å²) < 4.78 is 1.42. The van der Waals surface area contributed by atoms with Crippen molar-refractivity contribution in [1.82, 2.24) is 4.57 Å². The fraction of sp³-hybridized carbons (Fsp3) is 0.333. The molecule has 0 aliphatic rings. The smallest absolute Gasteiger partial charge is 0.345 e. The molecule has 0 aromatic carbocycles. The van der Waals surface area contributed by atoms with E-state index in [1.807, 2.05) is 13.8 Å². The molecule has 0 radical (unpaired) electrons. The van der Waals surface area contributed by atoms with Gasteiger partial charge in [-0.1, -0.05) is 13.8 Å². The monoisotopic (exact) mass is 267 g/mol. The lowest BCUT2D eigenvalue weighted by atomic mass is 10.1. The zero-order chi connectivity index (χ0) is 13.4. The van der Waals surface area contributed by atoms with Crippen LogP contribution in [0.3, 0.4) is 0 Å². The van der Waals surface area contributed by atoms with Crippen molar-refractivity contribution in [3.63, 3.8) is 0 Å². The molecule has 0 unspecified atom stereocenters. The summed E-state index contributed by atoms with van der Waals surface area (Å²) in [5.74, 6) is -1.63. The van der Waals surface area contributed by atoms with Crippen molar-refractivity contribution >= 4 is 27.5 Å². The number of nitrogens with zero attached hydrogens (tertiary/aromatic N) is 1.